The number of hydrogen-bond acceptors (Lipinski definition) is 3. The van der Waals surface area contributed by atoms with Crippen LogP contribution in [0.2, 0.25) is 0 Å². The van der Waals surface area contributed by atoms with Crippen molar-refractivity contribution in [2.24, 2.45) is 0 Å². The van der Waals surface area contributed by atoms with Crippen LogP contribution in [0.3, 0.4) is 0 Å². The van der Waals surface area contributed by atoms with Gasteiger partial charge >= 0.3 is 0 Å². The van der Waals surface area contributed by atoms with Crippen molar-refractivity contribution in [3.05, 3.63) is 47.9 Å². The molecule has 108 valence electrons. The van der Waals surface area contributed by atoms with Gasteiger partial charge in [-0.2, -0.15) is 0 Å². The Morgan fingerprint density at radius 3 is 2.40 bits per heavy atom. The van der Waals surface area contributed by atoms with E-state index in [2.05, 4.69) is 0 Å². The summed E-state index contributed by atoms with van der Waals surface area (Å²) in [6.45, 7) is 3.76. The molecular weight excluding hydrogens is 298 g/mol. The van der Waals surface area contributed by atoms with Crippen LogP contribution in [0.25, 0.3) is 0 Å². The molecule has 4 nitrogen and oxygen atoms in total. The highest BCUT2D eigenvalue weighted by Gasteiger charge is 2.28. The Balaban J connectivity index is 2.49. The van der Waals surface area contributed by atoms with Crippen molar-refractivity contribution in [2.45, 2.75) is 24.6 Å². The number of alkyl halides is 1. The van der Waals surface area contributed by atoms with E-state index in [0.29, 0.717) is 23.8 Å². The second-order valence-electron chi connectivity index (χ2n) is 4.27. The van der Waals surface area contributed by atoms with E-state index in [0.717, 1.165) is 0 Å². The molecule has 0 fully saturated rings. The average molecular weight is 314 g/mol. The van der Waals surface area contributed by atoms with E-state index in [9.17, 15) is 8.42 Å². The normalized spacial score (nSPS) is 11.6. The number of aryl methyl sites for hydroxylation is 1. The second-order valence-corrected chi connectivity index (χ2v) is 6.37. The predicted molar refractivity (Wildman–Crippen MR) is 79.6 cm³/mol. The first-order chi connectivity index (χ1) is 9.50. The number of furan rings is 1. The van der Waals surface area contributed by atoms with Gasteiger partial charge < -0.3 is 4.42 Å². The van der Waals surface area contributed by atoms with E-state index in [4.69, 9.17) is 16.0 Å². The lowest BCUT2D eigenvalue weighted by Crippen LogP contribution is -2.30. The van der Waals surface area contributed by atoms with Crippen molar-refractivity contribution in [2.75, 3.05) is 10.8 Å². The first-order valence-corrected chi connectivity index (χ1v) is 8.21. The molecule has 6 heteroatoms. The maximum atomic E-state index is 12.7. The van der Waals surface area contributed by atoms with Crippen molar-refractivity contribution in [3.63, 3.8) is 0 Å². The Labute approximate surface area is 124 Å². The molecule has 0 radical (unpaired) electrons. The highest BCUT2D eigenvalue weighted by molar-refractivity contribution is 7.92. The third-order valence-electron chi connectivity index (χ3n) is 2.95. The van der Waals surface area contributed by atoms with Gasteiger partial charge in [0.25, 0.3) is 10.0 Å². The molecule has 0 aliphatic carbocycles. The molecule has 1 aromatic heterocycles. The largest absolute Gasteiger partial charge is 0.464 e. The van der Waals surface area contributed by atoms with E-state index >= 15 is 0 Å². The van der Waals surface area contributed by atoms with E-state index in [1.54, 1.807) is 38.1 Å². The molecule has 20 heavy (non-hydrogen) atoms. The van der Waals surface area contributed by atoms with Crippen LogP contribution in [0.5, 0.6) is 0 Å². The molecular formula is C14H16ClNO3S. The third kappa shape index (κ3) is 2.69. The van der Waals surface area contributed by atoms with Gasteiger partial charge in [-0.1, -0.05) is 18.2 Å². The van der Waals surface area contributed by atoms with Crippen LogP contribution < -0.4 is 4.31 Å². The van der Waals surface area contributed by atoms with Crippen molar-refractivity contribution < 1.29 is 12.8 Å². The first-order valence-electron chi connectivity index (χ1n) is 6.23. The van der Waals surface area contributed by atoms with Gasteiger partial charge in [0, 0.05) is 12.6 Å². The van der Waals surface area contributed by atoms with Gasteiger partial charge in [-0.3, -0.25) is 4.31 Å². The van der Waals surface area contributed by atoms with Crippen LogP contribution in [-0.4, -0.2) is 15.0 Å². The first kappa shape index (κ1) is 14.9. The fraction of sp³-hybridized carbons (Fsp3) is 0.286. The summed E-state index contributed by atoms with van der Waals surface area (Å²) < 4.78 is 32.2. The zero-order valence-corrected chi connectivity index (χ0v) is 12.9. The predicted octanol–water partition coefficient (Wildman–Crippen LogP) is 3.54. The molecule has 0 aliphatic heterocycles. The van der Waals surface area contributed by atoms with Gasteiger partial charge in [0.1, 0.15) is 16.4 Å². The molecule has 0 unspecified atom stereocenters. The van der Waals surface area contributed by atoms with Crippen LogP contribution >= 0.6 is 11.6 Å². The minimum Gasteiger partial charge on any atom is -0.464 e. The summed E-state index contributed by atoms with van der Waals surface area (Å²) >= 11 is 5.69. The summed E-state index contributed by atoms with van der Waals surface area (Å²) in [6, 6.07) is 10.5. The van der Waals surface area contributed by atoms with Gasteiger partial charge in [0.05, 0.1) is 11.6 Å². The Kier molecular flexibility index (Phi) is 4.40. The number of nitrogens with zero attached hydrogens (tertiary/aromatic N) is 1. The quantitative estimate of drug-likeness (QED) is 0.793. The van der Waals surface area contributed by atoms with Crippen LogP contribution in [0.1, 0.15) is 18.4 Å². The Hall–Kier alpha value is -1.46. The maximum Gasteiger partial charge on any atom is 0.267 e. The van der Waals surface area contributed by atoms with Crippen LogP contribution in [-0.2, 0) is 15.9 Å². The Bertz CT molecular complexity index is 680. The van der Waals surface area contributed by atoms with E-state index in [-0.39, 0.29) is 10.8 Å². The smallest absolute Gasteiger partial charge is 0.267 e. The molecule has 2 aromatic rings. The number of rotatable bonds is 5. The lowest BCUT2D eigenvalue weighted by atomic mass is 10.3. The molecule has 0 bridgehead atoms. The molecule has 0 N–H and O–H groups in total. The van der Waals surface area contributed by atoms with Gasteiger partial charge in [-0.15, -0.1) is 11.6 Å². The molecule has 0 spiro atoms. The molecule has 0 atom stereocenters. The second kappa shape index (κ2) is 5.89. The van der Waals surface area contributed by atoms with Crippen molar-refractivity contribution in [3.8, 4) is 0 Å². The summed E-state index contributed by atoms with van der Waals surface area (Å²) in [4.78, 5) is 0.166. The highest BCUT2D eigenvalue weighted by atomic mass is 35.5. The van der Waals surface area contributed by atoms with Crippen LogP contribution in [0, 0.1) is 6.92 Å². The summed E-state index contributed by atoms with van der Waals surface area (Å²) in [5.41, 5.74) is 0.628. The number of sulfonamides is 1. The number of benzene rings is 1. The summed E-state index contributed by atoms with van der Waals surface area (Å²) in [5, 5.41) is 0. The Morgan fingerprint density at radius 2 is 1.90 bits per heavy atom. The minimum absolute atomic E-state index is 0.147. The fourth-order valence-corrected chi connectivity index (χ4v) is 3.84. The van der Waals surface area contributed by atoms with Gasteiger partial charge in [0.15, 0.2) is 0 Å². The number of para-hydroxylation sites is 1. The highest BCUT2D eigenvalue weighted by Crippen LogP contribution is 2.28. The van der Waals surface area contributed by atoms with Crippen molar-refractivity contribution in [1.82, 2.24) is 0 Å². The topological polar surface area (TPSA) is 50.5 Å². The summed E-state index contributed by atoms with van der Waals surface area (Å²) in [5.74, 6) is 0.954. The lowest BCUT2D eigenvalue weighted by Gasteiger charge is -2.22. The molecule has 0 saturated heterocycles. The standard InChI is InChI=1S/C14H16ClNO3S/c1-3-16(12-7-5-4-6-8-12)20(17,18)14-9-13(10-15)19-11(14)2/h4-9H,3,10H2,1-2H3. The van der Waals surface area contributed by atoms with Gasteiger partial charge in [-0.05, 0) is 26.0 Å². The van der Waals surface area contributed by atoms with Crippen molar-refractivity contribution in [1.29, 1.82) is 0 Å². The number of hydrogen-bond donors (Lipinski definition) is 0. The molecule has 0 saturated carbocycles. The fourth-order valence-electron chi connectivity index (χ4n) is 2.05. The van der Waals surface area contributed by atoms with E-state index in [1.165, 1.54) is 10.4 Å². The average Bonchev–Trinajstić information content (AvgIpc) is 2.82. The SMILES string of the molecule is CCN(c1ccccc1)S(=O)(=O)c1cc(CCl)oc1C. The molecule has 0 aliphatic rings. The number of halogens is 1. The molecule has 0 amide bonds. The summed E-state index contributed by atoms with van der Waals surface area (Å²) in [7, 11) is -3.64. The summed E-state index contributed by atoms with van der Waals surface area (Å²) in [6.07, 6.45) is 0. The minimum atomic E-state index is -3.64. The number of anilines is 1. The Morgan fingerprint density at radius 1 is 1.25 bits per heavy atom. The maximum absolute atomic E-state index is 12.7. The van der Waals surface area contributed by atoms with E-state index < -0.39 is 10.0 Å². The lowest BCUT2D eigenvalue weighted by molar-refractivity contribution is 0.492. The van der Waals surface area contributed by atoms with Crippen LogP contribution in [0.4, 0.5) is 5.69 Å². The van der Waals surface area contributed by atoms with E-state index in [1.807, 2.05) is 6.07 Å². The third-order valence-corrected chi connectivity index (χ3v) is 5.23. The molecule has 1 aromatic carbocycles. The monoisotopic (exact) mass is 313 g/mol. The van der Waals surface area contributed by atoms with Crippen LogP contribution in [0.15, 0.2) is 45.7 Å². The molecule has 1 heterocycles. The van der Waals surface area contributed by atoms with Gasteiger partial charge in [0.2, 0.25) is 0 Å². The van der Waals surface area contributed by atoms with Gasteiger partial charge in [-0.25, -0.2) is 8.42 Å². The molecule has 2 rings (SSSR count). The van der Waals surface area contributed by atoms with Crippen molar-refractivity contribution >= 4 is 27.3 Å². The zero-order chi connectivity index (χ0) is 14.8. The zero-order valence-electron chi connectivity index (χ0n) is 11.3.